The van der Waals surface area contributed by atoms with Crippen LogP contribution in [0.4, 0.5) is 5.69 Å². The molecule has 1 unspecified atom stereocenters. The second kappa shape index (κ2) is 9.81. The molecule has 0 bridgehead atoms. The van der Waals surface area contributed by atoms with E-state index in [4.69, 9.17) is 26.3 Å². The maximum absolute atomic E-state index is 6.40. The van der Waals surface area contributed by atoms with Gasteiger partial charge in [-0.1, -0.05) is 65.7 Å². The Morgan fingerprint density at radius 3 is 2.47 bits per heavy atom. The summed E-state index contributed by atoms with van der Waals surface area (Å²) in [5.41, 5.74) is 6.24. The van der Waals surface area contributed by atoms with E-state index in [1.54, 1.807) is 0 Å². The van der Waals surface area contributed by atoms with Gasteiger partial charge in [0, 0.05) is 38.3 Å². The summed E-state index contributed by atoms with van der Waals surface area (Å²) in [6.07, 6.45) is 0.727. The van der Waals surface area contributed by atoms with E-state index in [1.165, 1.54) is 5.56 Å². The van der Waals surface area contributed by atoms with E-state index in [2.05, 4.69) is 49.4 Å². The lowest BCUT2D eigenvalue weighted by atomic mass is 10.00. The number of halogens is 1. The molecule has 0 amide bonds. The summed E-state index contributed by atoms with van der Waals surface area (Å²) in [6.45, 7) is 2.11. The van der Waals surface area contributed by atoms with E-state index in [0.717, 1.165) is 50.5 Å². The van der Waals surface area contributed by atoms with Crippen molar-refractivity contribution in [3.05, 3.63) is 125 Å². The number of aliphatic imine (C=N–C) groups is 1. The number of nitrogens with zero attached hydrogens (tertiary/aromatic N) is 2. The fourth-order valence-corrected chi connectivity index (χ4v) is 5.78. The van der Waals surface area contributed by atoms with Crippen LogP contribution in [0.1, 0.15) is 28.4 Å². The van der Waals surface area contributed by atoms with E-state index in [1.807, 2.05) is 72.4 Å². The highest BCUT2D eigenvalue weighted by Gasteiger charge is 2.26. The van der Waals surface area contributed by atoms with Gasteiger partial charge in [0.05, 0.1) is 11.2 Å². The van der Waals surface area contributed by atoms with Gasteiger partial charge in [0.25, 0.3) is 0 Å². The molecule has 5 aromatic rings. The average Bonchev–Trinajstić information content (AvgIpc) is 3.09. The van der Waals surface area contributed by atoms with Crippen LogP contribution in [-0.4, -0.2) is 10.7 Å². The topological polar surface area (TPSA) is 34.5 Å². The van der Waals surface area contributed by atoms with E-state index < -0.39 is 0 Å². The molecule has 0 saturated carbocycles. The lowest BCUT2D eigenvalue weighted by Gasteiger charge is -2.20. The summed E-state index contributed by atoms with van der Waals surface area (Å²) in [4.78, 5) is 11.2. The summed E-state index contributed by atoms with van der Waals surface area (Å²) in [6, 6.07) is 34.6. The molecule has 176 valence electrons. The second-order valence-corrected chi connectivity index (χ2v) is 10.5. The van der Waals surface area contributed by atoms with Gasteiger partial charge in [0.15, 0.2) is 0 Å². The van der Waals surface area contributed by atoms with Crippen LogP contribution in [0.5, 0.6) is 11.6 Å². The molecule has 5 heteroatoms. The van der Waals surface area contributed by atoms with Gasteiger partial charge in [0.2, 0.25) is 5.88 Å². The summed E-state index contributed by atoms with van der Waals surface area (Å²) in [5, 5.41) is 1.87. The van der Waals surface area contributed by atoms with E-state index in [9.17, 15) is 0 Å². The van der Waals surface area contributed by atoms with Gasteiger partial charge in [-0.2, -0.15) is 0 Å². The molecule has 0 radical (unpaired) electrons. The molecule has 0 aliphatic carbocycles. The highest BCUT2D eigenvalue weighted by atomic mass is 35.5. The molecule has 4 aromatic carbocycles. The molecule has 0 fully saturated rings. The third-order valence-electron chi connectivity index (χ3n) is 6.21. The van der Waals surface area contributed by atoms with Crippen molar-refractivity contribution in [3.63, 3.8) is 0 Å². The van der Waals surface area contributed by atoms with Crippen molar-refractivity contribution in [1.29, 1.82) is 0 Å². The number of hydrogen-bond acceptors (Lipinski definition) is 4. The maximum atomic E-state index is 6.40. The average molecular weight is 507 g/mol. The molecule has 1 aromatic heterocycles. The second-order valence-electron chi connectivity index (χ2n) is 8.84. The van der Waals surface area contributed by atoms with E-state index >= 15 is 0 Å². The molecule has 1 aliphatic heterocycles. The fraction of sp³-hybridized carbons (Fsp3) is 0.0968. The van der Waals surface area contributed by atoms with Crippen LogP contribution in [0.15, 0.2) is 113 Å². The predicted molar refractivity (Wildman–Crippen MR) is 150 cm³/mol. The molecule has 2 heterocycles. The molecule has 0 N–H and O–H groups in total. The monoisotopic (exact) mass is 506 g/mol. The lowest BCUT2D eigenvalue weighted by Crippen LogP contribution is -2.07. The Morgan fingerprint density at radius 2 is 1.64 bits per heavy atom. The van der Waals surface area contributed by atoms with Crippen LogP contribution in [0.2, 0.25) is 5.02 Å². The molecular formula is C31H23ClN2OS. The van der Waals surface area contributed by atoms with Gasteiger partial charge in [-0.05, 0) is 67.1 Å². The first-order chi connectivity index (χ1) is 17.6. The zero-order chi connectivity index (χ0) is 24.5. The molecule has 0 saturated heterocycles. The van der Waals surface area contributed by atoms with Crippen LogP contribution < -0.4 is 4.74 Å². The predicted octanol–water partition coefficient (Wildman–Crippen LogP) is 9.35. The number of ether oxygens (including phenoxy) is 1. The van der Waals surface area contributed by atoms with Crippen molar-refractivity contribution < 1.29 is 4.74 Å². The van der Waals surface area contributed by atoms with Gasteiger partial charge >= 0.3 is 0 Å². The number of aryl methyl sites for hydroxylation is 1. The van der Waals surface area contributed by atoms with Gasteiger partial charge in [-0.3, -0.25) is 4.99 Å². The van der Waals surface area contributed by atoms with Crippen molar-refractivity contribution in [1.82, 2.24) is 4.98 Å². The lowest BCUT2D eigenvalue weighted by molar-refractivity contribution is 0.458. The first-order valence-electron chi connectivity index (χ1n) is 11.9. The zero-order valence-corrected chi connectivity index (χ0v) is 21.3. The molecule has 3 nitrogen and oxygen atoms in total. The summed E-state index contributed by atoms with van der Waals surface area (Å²) < 4.78 is 6.40. The minimum atomic E-state index is 0.0548. The van der Waals surface area contributed by atoms with Gasteiger partial charge in [0.1, 0.15) is 5.75 Å². The summed E-state index contributed by atoms with van der Waals surface area (Å²) in [7, 11) is 0. The highest BCUT2D eigenvalue weighted by Crippen LogP contribution is 2.48. The minimum absolute atomic E-state index is 0.0548. The first kappa shape index (κ1) is 22.8. The van der Waals surface area contributed by atoms with Gasteiger partial charge in [-0.15, -0.1) is 11.8 Å². The van der Waals surface area contributed by atoms with E-state index in [-0.39, 0.29) is 5.25 Å². The van der Waals surface area contributed by atoms with Crippen LogP contribution in [0.3, 0.4) is 0 Å². The van der Waals surface area contributed by atoms with Gasteiger partial charge < -0.3 is 4.74 Å². The van der Waals surface area contributed by atoms with Gasteiger partial charge in [-0.25, -0.2) is 4.98 Å². The standard InChI is InChI=1S/C31H23ClN2OS/c1-20-11-16-26-22(17-20)18-25(31(34-26)35-24-7-3-2-4-8-24)30-19-28(21-12-14-23(32)15-13-21)33-27-9-5-6-10-29(27)36-30/h2-18,30H,19H2,1H3. The summed E-state index contributed by atoms with van der Waals surface area (Å²) >= 11 is 8.00. The third-order valence-corrected chi connectivity index (χ3v) is 7.77. The molecule has 6 rings (SSSR count). The van der Waals surface area contributed by atoms with E-state index in [0.29, 0.717) is 10.9 Å². The first-order valence-corrected chi connectivity index (χ1v) is 13.1. The van der Waals surface area contributed by atoms with Crippen molar-refractivity contribution in [2.45, 2.75) is 23.5 Å². The molecule has 0 spiro atoms. The van der Waals surface area contributed by atoms with Crippen molar-refractivity contribution >= 4 is 45.7 Å². The van der Waals surface area contributed by atoms with Crippen LogP contribution in [0.25, 0.3) is 10.9 Å². The fourth-order valence-electron chi connectivity index (χ4n) is 4.42. The number of benzene rings is 4. The summed E-state index contributed by atoms with van der Waals surface area (Å²) in [5.74, 6) is 1.40. The largest absolute Gasteiger partial charge is 0.439 e. The Bertz CT molecular complexity index is 1580. The molecule has 1 atom stereocenters. The number of para-hydroxylation sites is 2. The number of rotatable bonds is 4. The molecule has 36 heavy (non-hydrogen) atoms. The van der Waals surface area contributed by atoms with Crippen molar-refractivity contribution in [3.8, 4) is 11.6 Å². The van der Waals surface area contributed by atoms with Crippen LogP contribution in [-0.2, 0) is 0 Å². The van der Waals surface area contributed by atoms with Crippen molar-refractivity contribution in [2.24, 2.45) is 4.99 Å². The normalized spacial score (nSPS) is 15.2. The number of hydrogen-bond donors (Lipinski definition) is 0. The third kappa shape index (κ3) is 4.75. The molecule has 1 aliphatic rings. The van der Waals surface area contributed by atoms with Crippen LogP contribution in [0, 0.1) is 6.92 Å². The Labute approximate surface area is 219 Å². The van der Waals surface area contributed by atoms with Crippen molar-refractivity contribution in [2.75, 3.05) is 0 Å². The van der Waals surface area contributed by atoms with Crippen LogP contribution >= 0.6 is 23.4 Å². The molecular weight excluding hydrogens is 484 g/mol. The number of pyridine rings is 1. The minimum Gasteiger partial charge on any atom is -0.439 e. The quantitative estimate of drug-likeness (QED) is 0.243. The SMILES string of the molecule is Cc1ccc2nc(Oc3ccccc3)c(C3CC(c4ccc(Cl)cc4)=Nc4ccccc4S3)cc2c1. The number of fused-ring (bicyclic) bond motifs is 2. The number of aromatic nitrogens is 1. The number of thioether (sulfide) groups is 1. The smallest absolute Gasteiger partial charge is 0.224 e. The Hall–Kier alpha value is -3.60. The maximum Gasteiger partial charge on any atom is 0.224 e. The zero-order valence-electron chi connectivity index (χ0n) is 19.7. The Kier molecular flexibility index (Phi) is 6.22. The Balaban J connectivity index is 1.50. The highest BCUT2D eigenvalue weighted by molar-refractivity contribution is 7.99. The Morgan fingerprint density at radius 1 is 0.861 bits per heavy atom.